The Morgan fingerprint density at radius 1 is 1.27 bits per heavy atom. The summed E-state index contributed by atoms with van der Waals surface area (Å²) in [5.41, 5.74) is 9.57. The topological polar surface area (TPSA) is 97.4 Å². The number of nitrogens with one attached hydrogen (secondary N) is 2. The van der Waals surface area contributed by atoms with Crippen LogP contribution in [0.15, 0.2) is 24.3 Å². The van der Waals surface area contributed by atoms with Crippen LogP contribution in [0, 0.1) is 22.7 Å². The molecule has 1 aliphatic carbocycles. The second-order valence-corrected chi connectivity index (χ2v) is 8.28. The average molecular weight is 361 g/mol. The third-order valence-electron chi connectivity index (χ3n) is 5.13. The van der Waals surface area contributed by atoms with E-state index in [9.17, 15) is 4.79 Å². The fraction of sp³-hybridized carbons (Fsp3) is 0.600. The number of nitrogens with two attached hydrogens (primary N) is 1. The van der Waals surface area contributed by atoms with Crippen LogP contribution in [0.3, 0.4) is 0 Å². The van der Waals surface area contributed by atoms with Gasteiger partial charge in [0.05, 0.1) is 0 Å². The third kappa shape index (κ3) is 5.46. The molecule has 144 valence electrons. The van der Waals surface area contributed by atoms with Crippen LogP contribution < -0.4 is 11.2 Å². The summed E-state index contributed by atoms with van der Waals surface area (Å²) in [5, 5.41) is 7.97. The summed E-state index contributed by atoms with van der Waals surface area (Å²) < 4.78 is 5.59. The molecule has 26 heavy (non-hydrogen) atoms. The summed E-state index contributed by atoms with van der Waals surface area (Å²) in [5.74, 6) is 0.822. The first-order valence-corrected chi connectivity index (χ1v) is 9.22. The van der Waals surface area contributed by atoms with Crippen molar-refractivity contribution in [1.29, 1.82) is 5.41 Å². The first-order chi connectivity index (χ1) is 12.2. The Balaban J connectivity index is 1.89. The van der Waals surface area contributed by atoms with Gasteiger partial charge in [-0.05, 0) is 29.7 Å². The van der Waals surface area contributed by atoms with Crippen LogP contribution in [0.25, 0.3) is 0 Å². The number of amidine groups is 1. The number of rotatable bonds is 3. The Hall–Kier alpha value is -2.08. The van der Waals surface area contributed by atoms with Crippen molar-refractivity contribution in [1.82, 2.24) is 5.48 Å². The van der Waals surface area contributed by atoms with Gasteiger partial charge in [-0.2, -0.15) is 5.48 Å². The zero-order valence-corrected chi connectivity index (χ0v) is 16.2. The zero-order chi connectivity index (χ0) is 19.3. The first-order valence-electron chi connectivity index (χ1n) is 9.22. The maximum absolute atomic E-state index is 12.1. The standard InChI is InChI=1S/C20H31N3O3/c1-13-5-10-16(20(2,3)4)17(11-13)25-19(24)26-23-18(22)15-8-6-14(12-21)7-9-15/h6-9,13,16-17H,5,10-12,21H2,1-4H3,(H2,22,23)/t13-,16-,17?/m1/s1. The van der Waals surface area contributed by atoms with E-state index in [4.69, 9.17) is 20.7 Å². The molecule has 0 saturated heterocycles. The molecule has 1 aliphatic rings. The van der Waals surface area contributed by atoms with Crippen LogP contribution in [-0.4, -0.2) is 18.1 Å². The maximum Gasteiger partial charge on any atom is 0.533 e. The van der Waals surface area contributed by atoms with Gasteiger partial charge < -0.3 is 15.3 Å². The Morgan fingerprint density at radius 2 is 1.92 bits per heavy atom. The van der Waals surface area contributed by atoms with Crippen LogP contribution >= 0.6 is 0 Å². The van der Waals surface area contributed by atoms with Crippen LogP contribution in [-0.2, 0) is 16.1 Å². The molecule has 1 aromatic carbocycles. The molecule has 6 heteroatoms. The highest BCUT2D eigenvalue weighted by Crippen LogP contribution is 2.41. The lowest BCUT2D eigenvalue weighted by Gasteiger charge is -2.41. The molecule has 2 rings (SSSR count). The molecule has 1 saturated carbocycles. The molecule has 3 atom stereocenters. The molecule has 1 unspecified atom stereocenters. The molecular formula is C20H31N3O3. The van der Waals surface area contributed by atoms with Crippen LogP contribution in [0.1, 0.15) is 58.1 Å². The normalized spacial score (nSPS) is 23.2. The number of hydrogen-bond donors (Lipinski definition) is 3. The number of ether oxygens (including phenoxy) is 1. The second kappa shape index (κ2) is 8.54. The lowest BCUT2D eigenvalue weighted by Crippen LogP contribution is -2.41. The highest BCUT2D eigenvalue weighted by Gasteiger charge is 2.39. The van der Waals surface area contributed by atoms with E-state index >= 15 is 0 Å². The zero-order valence-electron chi connectivity index (χ0n) is 16.2. The lowest BCUT2D eigenvalue weighted by atomic mass is 9.68. The van der Waals surface area contributed by atoms with Gasteiger partial charge in [0.25, 0.3) is 0 Å². The minimum absolute atomic E-state index is 0.00472. The van der Waals surface area contributed by atoms with Gasteiger partial charge >= 0.3 is 6.16 Å². The van der Waals surface area contributed by atoms with Gasteiger partial charge in [0, 0.05) is 18.0 Å². The molecule has 6 nitrogen and oxygen atoms in total. The molecule has 0 amide bonds. The molecular weight excluding hydrogens is 330 g/mol. The fourth-order valence-electron chi connectivity index (χ4n) is 3.56. The van der Waals surface area contributed by atoms with E-state index in [-0.39, 0.29) is 17.4 Å². The van der Waals surface area contributed by atoms with Crippen molar-refractivity contribution >= 4 is 12.0 Å². The number of carbonyl (C=O) groups is 1. The summed E-state index contributed by atoms with van der Waals surface area (Å²) in [6.45, 7) is 9.15. The largest absolute Gasteiger partial charge is 0.533 e. The number of carbonyl (C=O) groups excluding carboxylic acids is 1. The van der Waals surface area contributed by atoms with E-state index in [0.717, 1.165) is 24.8 Å². The monoisotopic (exact) mass is 361 g/mol. The number of hydrogen-bond acceptors (Lipinski definition) is 5. The molecule has 1 fully saturated rings. The van der Waals surface area contributed by atoms with Crippen molar-refractivity contribution in [2.45, 2.75) is 59.6 Å². The highest BCUT2D eigenvalue weighted by molar-refractivity contribution is 5.96. The van der Waals surface area contributed by atoms with Gasteiger partial charge in [-0.15, -0.1) is 0 Å². The summed E-state index contributed by atoms with van der Waals surface area (Å²) in [6, 6.07) is 7.18. The van der Waals surface area contributed by atoms with Crippen molar-refractivity contribution < 1.29 is 14.4 Å². The predicted molar refractivity (Wildman–Crippen MR) is 102 cm³/mol. The summed E-state index contributed by atoms with van der Waals surface area (Å²) in [4.78, 5) is 17.1. The fourth-order valence-corrected chi connectivity index (χ4v) is 3.56. The van der Waals surface area contributed by atoms with Gasteiger partial charge in [0.1, 0.15) is 6.10 Å². The molecule has 0 spiro atoms. The van der Waals surface area contributed by atoms with Gasteiger partial charge in [-0.1, -0.05) is 58.4 Å². The van der Waals surface area contributed by atoms with E-state index in [1.807, 2.05) is 12.1 Å². The molecule has 0 aromatic heterocycles. The average Bonchev–Trinajstić information content (AvgIpc) is 2.58. The summed E-state index contributed by atoms with van der Waals surface area (Å²) in [7, 11) is 0. The second-order valence-electron chi connectivity index (χ2n) is 8.28. The van der Waals surface area contributed by atoms with Crippen LogP contribution in [0.5, 0.6) is 0 Å². The highest BCUT2D eigenvalue weighted by atomic mass is 16.8. The van der Waals surface area contributed by atoms with E-state index in [1.165, 1.54) is 0 Å². The predicted octanol–water partition coefficient (Wildman–Crippen LogP) is 3.98. The van der Waals surface area contributed by atoms with E-state index in [1.54, 1.807) is 12.1 Å². The van der Waals surface area contributed by atoms with Gasteiger partial charge in [-0.3, -0.25) is 5.41 Å². The lowest BCUT2D eigenvalue weighted by molar-refractivity contribution is -0.0558. The Morgan fingerprint density at radius 3 is 2.50 bits per heavy atom. The molecule has 0 heterocycles. The van der Waals surface area contributed by atoms with Gasteiger partial charge in [0.15, 0.2) is 5.84 Å². The SMILES string of the molecule is C[C@@H]1CC[C@@H](C(C)(C)C)C(OC(=O)ONC(=N)c2ccc(CN)cc2)C1. The van der Waals surface area contributed by atoms with E-state index in [2.05, 4.69) is 33.2 Å². The summed E-state index contributed by atoms with van der Waals surface area (Å²) >= 11 is 0. The number of benzene rings is 1. The molecule has 0 aliphatic heterocycles. The maximum atomic E-state index is 12.1. The Kier molecular flexibility index (Phi) is 6.64. The van der Waals surface area contributed by atoms with Crippen molar-refractivity contribution in [3.05, 3.63) is 35.4 Å². The van der Waals surface area contributed by atoms with Crippen molar-refractivity contribution in [2.75, 3.05) is 0 Å². The van der Waals surface area contributed by atoms with Crippen LogP contribution in [0.4, 0.5) is 4.79 Å². The van der Waals surface area contributed by atoms with Gasteiger partial charge in [-0.25, -0.2) is 4.79 Å². The quantitative estimate of drug-likeness (QED) is 0.327. The first kappa shape index (κ1) is 20.2. The Labute approximate surface area is 155 Å². The molecule has 0 radical (unpaired) electrons. The minimum Gasteiger partial charge on any atom is -0.429 e. The van der Waals surface area contributed by atoms with Gasteiger partial charge in [0.2, 0.25) is 0 Å². The van der Waals surface area contributed by atoms with Crippen molar-refractivity contribution in [2.24, 2.45) is 23.0 Å². The van der Waals surface area contributed by atoms with E-state index in [0.29, 0.717) is 23.9 Å². The third-order valence-corrected chi connectivity index (χ3v) is 5.13. The Bertz CT molecular complexity index is 622. The van der Waals surface area contributed by atoms with E-state index < -0.39 is 6.16 Å². The smallest absolute Gasteiger partial charge is 0.429 e. The van der Waals surface area contributed by atoms with Crippen LogP contribution in [0.2, 0.25) is 0 Å². The molecule has 1 aromatic rings. The van der Waals surface area contributed by atoms with Crippen molar-refractivity contribution in [3.8, 4) is 0 Å². The van der Waals surface area contributed by atoms with Crippen molar-refractivity contribution in [3.63, 3.8) is 0 Å². The molecule has 4 N–H and O–H groups in total. The minimum atomic E-state index is -0.790. The molecule has 0 bridgehead atoms. The summed E-state index contributed by atoms with van der Waals surface area (Å²) in [6.07, 6.45) is 2.08. The number of hydroxylamine groups is 1.